The van der Waals surface area contributed by atoms with E-state index in [1.165, 1.54) is 30.5 Å². The Bertz CT molecular complexity index is 838. The molecule has 0 aliphatic heterocycles. The fourth-order valence-electron chi connectivity index (χ4n) is 4.00. The van der Waals surface area contributed by atoms with Crippen molar-refractivity contribution in [1.82, 2.24) is 15.0 Å². The summed E-state index contributed by atoms with van der Waals surface area (Å²) in [5.74, 6) is 0.0965. The molecule has 5 nitrogen and oxygen atoms in total. The SMILES string of the molecule is CC(C)(C)OC(=O)c1ccc(CC2CCCCCc3c2nnn3C(C)(C)C)cc1. The molecular formula is C24H35N3O2. The number of fused-ring (bicyclic) bond motifs is 1. The number of esters is 1. The van der Waals surface area contributed by atoms with Crippen LogP contribution in [0.4, 0.5) is 0 Å². The molecule has 29 heavy (non-hydrogen) atoms. The molecule has 0 spiro atoms. The molecule has 0 fully saturated rings. The second-order valence-electron chi connectivity index (χ2n) is 10.2. The van der Waals surface area contributed by atoms with Crippen molar-refractivity contribution in [3.05, 3.63) is 46.8 Å². The number of aromatic nitrogens is 3. The Balaban J connectivity index is 1.80. The van der Waals surface area contributed by atoms with Crippen molar-refractivity contribution < 1.29 is 9.53 Å². The molecule has 2 aromatic rings. The van der Waals surface area contributed by atoms with Gasteiger partial charge < -0.3 is 4.74 Å². The highest BCUT2D eigenvalue weighted by molar-refractivity contribution is 5.89. The maximum Gasteiger partial charge on any atom is 0.338 e. The van der Waals surface area contributed by atoms with Crippen molar-refractivity contribution >= 4 is 5.97 Å². The molecule has 1 aromatic carbocycles. The molecule has 1 aromatic heterocycles. The maximum absolute atomic E-state index is 12.3. The van der Waals surface area contributed by atoms with Gasteiger partial charge in [-0.15, -0.1) is 5.10 Å². The van der Waals surface area contributed by atoms with Gasteiger partial charge in [-0.3, -0.25) is 0 Å². The first-order valence-corrected chi connectivity index (χ1v) is 10.8. The zero-order chi connectivity index (χ0) is 21.2. The summed E-state index contributed by atoms with van der Waals surface area (Å²) in [6.07, 6.45) is 6.78. The van der Waals surface area contributed by atoms with Crippen LogP contribution in [0.15, 0.2) is 24.3 Å². The smallest absolute Gasteiger partial charge is 0.338 e. The summed E-state index contributed by atoms with van der Waals surface area (Å²) in [7, 11) is 0. The average molecular weight is 398 g/mol. The van der Waals surface area contributed by atoms with Crippen LogP contribution in [0.2, 0.25) is 0 Å². The van der Waals surface area contributed by atoms with E-state index in [1.54, 1.807) is 0 Å². The number of carbonyl (C=O) groups excluding carboxylic acids is 1. The predicted octanol–water partition coefficient (Wildman–Crippen LogP) is 5.43. The molecule has 1 atom stereocenters. The second-order valence-corrected chi connectivity index (χ2v) is 10.2. The number of hydrogen-bond donors (Lipinski definition) is 0. The fourth-order valence-corrected chi connectivity index (χ4v) is 4.00. The minimum Gasteiger partial charge on any atom is -0.456 e. The first-order chi connectivity index (χ1) is 13.5. The third-order valence-corrected chi connectivity index (χ3v) is 5.35. The molecule has 0 N–H and O–H groups in total. The van der Waals surface area contributed by atoms with Crippen LogP contribution in [0.5, 0.6) is 0 Å². The van der Waals surface area contributed by atoms with E-state index in [1.807, 2.05) is 45.0 Å². The van der Waals surface area contributed by atoms with Crippen LogP contribution in [-0.2, 0) is 23.1 Å². The van der Waals surface area contributed by atoms with Gasteiger partial charge in [0.1, 0.15) is 5.60 Å². The van der Waals surface area contributed by atoms with Crippen molar-refractivity contribution in [1.29, 1.82) is 0 Å². The molecule has 1 unspecified atom stereocenters. The standard InChI is InChI=1S/C24H35N3O2/c1-23(2,3)27-20-11-9-7-8-10-19(21(20)25-26-27)16-17-12-14-18(15-13-17)22(28)29-24(4,5)6/h12-15,19H,7-11,16H2,1-6H3. The highest BCUT2D eigenvalue weighted by atomic mass is 16.6. The van der Waals surface area contributed by atoms with Crippen molar-refractivity contribution in [2.45, 2.75) is 97.1 Å². The Hall–Kier alpha value is -2.17. The summed E-state index contributed by atoms with van der Waals surface area (Å²) in [6.45, 7) is 12.2. The summed E-state index contributed by atoms with van der Waals surface area (Å²) in [5.41, 5.74) is 3.74. The summed E-state index contributed by atoms with van der Waals surface area (Å²) in [4.78, 5) is 12.3. The van der Waals surface area contributed by atoms with Gasteiger partial charge >= 0.3 is 5.97 Å². The quantitative estimate of drug-likeness (QED) is 0.648. The first kappa shape index (κ1) is 21.5. The largest absolute Gasteiger partial charge is 0.456 e. The summed E-state index contributed by atoms with van der Waals surface area (Å²) in [6, 6.07) is 7.84. The van der Waals surface area contributed by atoms with Crippen molar-refractivity contribution in [3.63, 3.8) is 0 Å². The van der Waals surface area contributed by atoms with Crippen LogP contribution in [0.25, 0.3) is 0 Å². The van der Waals surface area contributed by atoms with E-state index < -0.39 is 5.60 Å². The topological polar surface area (TPSA) is 57.0 Å². The van der Waals surface area contributed by atoms with Crippen molar-refractivity contribution in [2.24, 2.45) is 0 Å². The van der Waals surface area contributed by atoms with Gasteiger partial charge in [-0.25, -0.2) is 9.48 Å². The summed E-state index contributed by atoms with van der Waals surface area (Å²) in [5, 5.41) is 9.15. The first-order valence-electron chi connectivity index (χ1n) is 10.8. The normalized spacial score (nSPS) is 17.9. The number of benzene rings is 1. The van der Waals surface area contributed by atoms with E-state index >= 15 is 0 Å². The lowest BCUT2D eigenvalue weighted by atomic mass is 9.86. The van der Waals surface area contributed by atoms with Crippen LogP contribution >= 0.6 is 0 Å². The van der Waals surface area contributed by atoms with Gasteiger partial charge in [0.2, 0.25) is 0 Å². The predicted molar refractivity (Wildman–Crippen MR) is 115 cm³/mol. The number of rotatable bonds is 3. The molecule has 5 heteroatoms. The van der Waals surface area contributed by atoms with Gasteiger partial charge in [-0.05, 0) is 84.9 Å². The molecule has 0 radical (unpaired) electrons. The van der Waals surface area contributed by atoms with E-state index in [2.05, 4.69) is 35.8 Å². The lowest BCUT2D eigenvalue weighted by Gasteiger charge is -2.24. The number of ether oxygens (including phenoxy) is 1. The molecule has 158 valence electrons. The number of carbonyl (C=O) groups is 1. The third-order valence-electron chi connectivity index (χ3n) is 5.35. The minimum atomic E-state index is -0.482. The Kier molecular flexibility index (Phi) is 6.16. The number of nitrogens with zero attached hydrogens (tertiary/aromatic N) is 3. The molecule has 0 bridgehead atoms. The van der Waals surface area contributed by atoms with Crippen LogP contribution < -0.4 is 0 Å². The summed E-state index contributed by atoms with van der Waals surface area (Å²) >= 11 is 0. The second kappa shape index (κ2) is 8.29. The lowest BCUT2D eigenvalue weighted by molar-refractivity contribution is 0.00695. The summed E-state index contributed by atoms with van der Waals surface area (Å²) < 4.78 is 7.58. The van der Waals surface area contributed by atoms with Crippen LogP contribution in [-0.4, -0.2) is 26.6 Å². The van der Waals surface area contributed by atoms with E-state index in [0.717, 1.165) is 25.0 Å². The van der Waals surface area contributed by atoms with Crippen LogP contribution in [0.3, 0.4) is 0 Å². The third kappa shape index (κ3) is 5.46. The molecular weight excluding hydrogens is 362 g/mol. The highest BCUT2D eigenvalue weighted by Gasteiger charge is 2.28. The maximum atomic E-state index is 12.3. The van der Waals surface area contributed by atoms with Gasteiger partial charge in [-0.1, -0.05) is 30.2 Å². The van der Waals surface area contributed by atoms with Crippen LogP contribution in [0, 0.1) is 0 Å². The highest BCUT2D eigenvalue weighted by Crippen LogP contribution is 2.33. The minimum absolute atomic E-state index is 0.0562. The average Bonchev–Trinajstić information content (AvgIpc) is 3.01. The van der Waals surface area contributed by atoms with Crippen molar-refractivity contribution in [2.75, 3.05) is 0 Å². The fraction of sp³-hybridized carbons (Fsp3) is 0.625. The van der Waals surface area contributed by atoms with Gasteiger partial charge in [0.15, 0.2) is 0 Å². The molecule has 0 saturated heterocycles. The molecule has 0 amide bonds. The molecule has 1 heterocycles. The monoisotopic (exact) mass is 397 g/mol. The Labute approximate surface area is 174 Å². The van der Waals surface area contributed by atoms with Gasteiger partial charge in [-0.2, -0.15) is 0 Å². The van der Waals surface area contributed by atoms with Crippen LogP contribution in [0.1, 0.15) is 100 Å². The zero-order valence-electron chi connectivity index (χ0n) is 18.8. The molecule has 1 aliphatic rings. The Morgan fingerprint density at radius 3 is 2.38 bits per heavy atom. The van der Waals surface area contributed by atoms with Gasteiger partial charge in [0.25, 0.3) is 0 Å². The van der Waals surface area contributed by atoms with Gasteiger partial charge in [0, 0.05) is 5.92 Å². The van der Waals surface area contributed by atoms with E-state index in [9.17, 15) is 4.79 Å². The van der Waals surface area contributed by atoms with E-state index in [-0.39, 0.29) is 11.5 Å². The molecule has 1 aliphatic carbocycles. The molecule has 0 saturated carbocycles. The van der Waals surface area contributed by atoms with E-state index in [4.69, 9.17) is 4.74 Å². The van der Waals surface area contributed by atoms with Gasteiger partial charge in [0.05, 0.1) is 22.5 Å². The lowest BCUT2D eigenvalue weighted by Crippen LogP contribution is -2.26. The Morgan fingerprint density at radius 2 is 1.76 bits per heavy atom. The van der Waals surface area contributed by atoms with Crippen molar-refractivity contribution in [3.8, 4) is 0 Å². The zero-order valence-corrected chi connectivity index (χ0v) is 18.8. The Morgan fingerprint density at radius 1 is 1.07 bits per heavy atom. The van der Waals surface area contributed by atoms with E-state index in [0.29, 0.717) is 11.5 Å². The molecule has 3 rings (SSSR count). The number of hydrogen-bond acceptors (Lipinski definition) is 4.